The molecule has 0 aliphatic rings. The van der Waals surface area contributed by atoms with Gasteiger partial charge in [-0.25, -0.2) is 0 Å². The van der Waals surface area contributed by atoms with E-state index in [9.17, 15) is 4.79 Å². The lowest BCUT2D eigenvalue weighted by molar-refractivity contribution is -0.108. The Balaban J connectivity index is 2.51. The Morgan fingerprint density at radius 2 is 2.31 bits per heavy atom. The van der Waals surface area contributed by atoms with Crippen molar-refractivity contribution in [1.29, 1.82) is 0 Å². The Morgan fingerprint density at radius 1 is 1.56 bits per heavy atom. The first kappa shape index (κ1) is 11.3. The van der Waals surface area contributed by atoms with Crippen molar-refractivity contribution < 1.29 is 4.79 Å². The zero-order valence-corrected chi connectivity index (χ0v) is 10.9. The second kappa shape index (κ2) is 4.37. The van der Waals surface area contributed by atoms with Crippen molar-refractivity contribution in [3.8, 4) is 0 Å². The molecule has 4 heteroatoms. The fourth-order valence-corrected chi connectivity index (χ4v) is 2.38. The smallest absolute Gasteiger partial charge is 0.135 e. The van der Waals surface area contributed by atoms with Crippen molar-refractivity contribution in [3.63, 3.8) is 0 Å². The van der Waals surface area contributed by atoms with Crippen LogP contribution in [0.2, 0.25) is 0 Å². The zero-order valence-electron chi connectivity index (χ0n) is 9.27. The van der Waals surface area contributed by atoms with Crippen LogP contribution in [-0.2, 0) is 11.8 Å². The molecule has 0 fully saturated rings. The molecule has 0 saturated heterocycles. The molecule has 2 aromatic rings. The van der Waals surface area contributed by atoms with E-state index >= 15 is 0 Å². The predicted molar refractivity (Wildman–Crippen MR) is 67.5 cm³/mol. The second-order valence-corrected chi connectivity index (χ2v) is 4.75. The van der Waals surface area contributed by atoms with E-state index in [-0.39, 0.29) is 5.92 Å². The molecule has 1 aromatic heterocycles. The number of aldehydes is 1. The van der Waals surface area contributed by atoms with Gasteiger partial charge in [-0.2, -0.15) is 5.10 Å². The Bertz CT molecular complexity index is 533. The highest BCUT2D eigenvalue weighted by Crippen LogP contribution is 2.27. The fourth-order valence-electron chi connectivity index (χ4n) is 1.83. The number of hydrogen-bond donors (Lipinski definition) is 0. The Hall–Kier alpha value is -1.16. The molecule has 1 atom stereocenters. The summed E-state index contributed by atoms with van der Waals surface area (Å²) in [4.78, 5) is 10.5. The molecular formula is C12H13BrN2O. The highest BCUT2D eigenvalue weighted by molar-refractivity contribution is 9.10. The van der Waals surface area contributed by atoms with Crippen LogP contribution >= 0.6 is 15.9 Å². The number of carbonyl (C=O) groups is 1. The third kappa shape index (κ3) is 1.89. The van der Waals surface area contributed by atoms with Crippen molar-refractivity contribution >= 4 is 33.1 Å². The minimum Gasteiger partial charge on any atom is -0.303 e. The summed E-state index contributed by atoms with van der Waals surface area (Å²) in [5, 5.41) is 5.40. The van der Waals surface area contributed by atoms with Crippen molar-refractivity contribution in [1.82, 2.24) is 9.78 Å². The molecule has 1 heterocycles. The van der Waals surface area contributed by atoms with Gasteiger partial charge in [-0.3, -0.25) is 4.68 Å². The Morgan fingerprint density at radius 3 is 3.00 bits per heavy atom. The molecule has 0 spiro atoms. The highest BCUT2D eigenvalue weighted by Gasteiger charge is 2.10. The maximum absolute atomic E-state index is 10.5. The molecule has 0 radical (unpaired) electrons. The number of rotatable bonds is 3. The van der Waals surface area contributed by atoms with E-state index < -0.39 is 0 Å². The molecular weight excluding hydrogens is 268 g/mol. The SMILES string of the molecule is CC(CC=O)c1ccc2c(c1)c(Br)nn2C. The van der Waals surface area contributed by atoms with Crippen LogP contribution in [0.15, 0.2) is 22.8 Å². The van der Waals surface area contributed by atoms with Crippen LogP contribution in [0.3, 0.4) is 0 Å². The maximum Gasteiger partial charge on any atom is 0.135 e. The van der Waals surface area contributed by atoms with E-state index in [1.807, 2.05) is 17.8 Å². The quantitative estimate of drug-likeness (QED) is 0.810. The lowest BCUT2D eigenvalue weighted by Crippen LogP contribution is -1.94. The Labute approximate surface area is 103 Å². The summed E-state index contributed by atoms with van der Waals surface area (Å²) >= 11 is 3.44. The van der Waals surface area contributed by atoms with Gasteiger partial charge in [-0.05, 0) is 39.5 Å². The summed E-state index contributed by atoms with van der Waals surface area (Å²) in [5.41, 5.74) is 2.27. The normalized spacial score (nSPS) is 12.9. The third-order valence-corrected chi connectivity index (χ3v) is 3.43. The molecule has 2 rings (SSSR count). The standard InChI is InChI=1S/C12H13BrN2O/c1-8(5-6-16)9-3-4-11-10(7-9)12(13)14-15(11)2/h3-4,6-8H,5H2,1-2H3. The number of benzene rings is 1. The minimum absolute atomic E-state index is 0.258. The van der Waals surface area contributed by atoms with Crippen LogP contribution in [0.5, 0.6) is 0 Å². The molecule has 0 saturated carbocycles. The number of halogens is 1. The van der Waals surface area contributed by atoms with Crippen LogP contribution in [0, 0.1) is 0 Å². The van der Waals surface area contributed by atoms with E-state index in [4.69, 9.17) is 0 Å². The van der Waals surface area contributed by atoms with Crippen molar-refractivity contribution in [2.45, 2.75) is 19.3 Å². The fraction of sp³-hybridized carbons (Fsp3) is 0.333. The minimum atomic E-state index is 0.258. The lowest BCUT2D eigenvalue weighted by Gasteiger charge is -2.08. The van der Waals surface area contributed by atoms with Gasteiger partial charge in [-0.15, -0.1) is 0 Å². The van der Waals surface area contributed by atoms with Crippen LogP contribution in [0.1, 0.15) is 24.8 Å². The maximum atomic E-state index is 10.5. The molecule has 1 aromatic carbocycles. The number of carbonyl (C=O) groups excluding carboxylic acids is 1. The van der Waals surface area contributed by atoms with Crippen LogP contribution in [0.25, 0.3) is 10.9 Å². The monoisotopic (exact) mass is 280 g/mol. The number of hydrogen-bond acceptors (Lipinski definition) is 2. The summed E-state index contributed by atoms with van der Waals surface area (Å²) < 4.78 is 2.69. The van der Waals surface area contributed by atoms with Gasteiger partial charge in [0, 0.05) is 18.9 Å². The van der Waals surface area contributed by atoms with E-state index in [0.29, 0.717) is 6.42 Å². The molecule has 0 amide bonds. The molecule has 84 valence electrons. The van der Waals surface area contributed by atoms with E-state index in [1.54, 1.807) is 0 Å². The molecule has 1 unspecified atom stereocenters. The first-order valence-electron chi connectivity index (χ1n) is 5.19. The highest BCUT2D eigenvalue weighted by atomic mass is 79.9. The van der Waals surface area contributed by atoms with Gasteiger partial charge in [0.1, 0.15) is 10.9 Å². The topological polar surface area (TPSA) is 34.9 Å². The third-order valence-electron chi connectivity index (χ3n) is 2.85. The Kier molecular flexibility index (Phi) is 3.10. The van der Waals surface area contributed by atoms with Gasteiger partial charge in [0.15, 0.2) is 0 Å². The number of aryl methyl sites for hydroxylation is 1. The number of aromatic nitrogens is 2. The average Bonchev–Trinajstić information content (AvgIpc) is 2.55. The van der Waals surface area contributed by atoms with E-state index in [2.05, 4.69) is 40.1 Å². The van der Waals surface area contributed by atoms with Crippen molar-refractivity contribution in [2.75, 3.05) is 0 Å². The average molecular weight is 281 g/mol. The summed E-state index contributed by atoms with van der Waals surface area (Å²) in [6.45, 7) is 2.06. The molecule has 16 heavy (non-hydrogen) atoms. The van der Waals surface area contributed by atoms with E-state index in [0.717, 1.165) is 21.8 Å². The second-order valence-electron chi connectivity index (χ2n) is 3.99. The van der Waals surface area contributed by atoms with Crippen molar-refractivity contribution in [2.24, 2.45) is 7.05 Å². The van der Waals surface area contributed by atoms with Gasteiger partial charge >= 0.3 is 0 Å². The van der Waals surface area contributed by atoms with Crippen LogP contribution in [-0.4, -0.2) is 16.1 Å². The van der Waals surface area contributed by atoms with E-state index in [1.165, 1.54) is 5.56 Å². The summed E-state index contributed by atoms with van der Waals surface area (Å²) in [6, 6.07) is 6.20. The molecule has 0 bridgehead atoms. The molecule has 0 aliphatic carbocycles. The van der Waals surface area contributed by atoms with Crippen LogP contribution < -0.4 is 0 Å². The molecule has 3 nitrogen and oxygen atoms in total. The first-order valence-corrected chi connectivity index (χ1v) is 5.98. The zero-order chi connectivity index (χ0) is 11.7. The van der Waals surface area contributed by atoms with Gasteiger partial charge in [-0.1, -0.05) is 13.0 Å². The lowest BCUT2D eigenvalue weighted by atomic mass is 9.97. The van der Waals surface area contributed by atoms with Gasteiger partial charge < -0.3 is 4.79 Å². The summed E-state index contributed by atoms with van der Waals surface area (Å²) in [5.74, 6) is 0.258. The number of fused-ring (bicyclic) bond motifs is 1. The van der Waals surface area contributed by atoms with Crippen LogP contribution in [0.4, 0.5) is 0 Å². The van der Waals surface area contributed by atoms with Gasteiger partial charge in [0.05, 0.1) is 5.52 Å². The first-order chi connectivity index (χ1) is 7.63. The van der Waals surface area contributed by atoms with Gasteiger partial charge in [0.25, 0.3) is 0 Å². The number of nitrogens with zero attached hydrogens (tertiary/aromatic N) is 2. The molecule has 0 aliphatic heterocycles. The van der Waals surface area contributed by atoms with Crippen molar-refractivity contribution in [3.05, 3.63) is 28.4 Å². The summed E-state index contributed by atoms with van der Waals surface area (Å²) in [7, 11) is 1.92. The predicted octanol–water partition coefficient (Wildman–Crippen LogP) is 3.03. The molecule has 0 N–H and O–H groups in total. The largest absolute Gasteiger partial charge is 0.303 e. The van der Waals surface area contributed by atoms with Gasteiger partial charge in [0.2, 0.25) is 0 Å². The summed E-state index contributed by atoms with van der Waals surface area (Å²) in [6.07, 6.45) is 1.52.